The summed E-state index contributed by atoms with van der Waals surface area (Å²) in [4.78, 5) is 4.11. The Balaban J connectivity index is 2.44. The maximum Gasteiger partial charge on any atom is 0.309 e. The Kier molecular flexibility index (Phi) is 3.69. The van der Waals surface area contributed by atoms with E-state index in [1.54, 1.807) is 32.9 Å². The maximum atomic E-state index is 12.4. The Bertz CT molecular complexity index is 714. The molecule has 2 rings (SSSR count). The second-order valence-corrected chi connectivity index (χ2v) is 6.10. The van der Waals surface area contributed by atoms with Gasteiger partial charge >= 0.3 is 6.01 Å². The van der Waals surface area contributed by atoms with E-state index in [-0.39, 0.29) is 10.9 Å². The summed E-state index contributed by atoms with van der Waals surface area (Å²) in [5.41, 5.74) is 4.89. The van der Waals surface area contributed by atoms with Crippen LogP contribution in [0, 0.1) is 20.8 Å². The van der Waals surface area contributed by atoms with Gasteiger partial charge in [-0.1, -0.05) is 0 Å². The standard InChI is InChI=1S/C12H16N4O3S/c1-7-4-10(15-13)5-8(2)11(7)20(17,18)16-12-14-9(3)6-19-12/h4-6,15H,13H2,1-3H3,(H,14,16). The van der Waals surface area contributed by atoms with Crippen LogP contribution in [0.3, 0.4) is 0 Å². The Labute approximate surface area is 117 Å². The summed E-state index contributed by atoms with van der Waals surface area (Å²) in [6.45, 7) is 5.10. The Morgan fingerprint density at radius 3 is 2.25 bits per heavy atom. The molecular weight excluding hydrogens is 280 g/mol. The number of oxazole rings is 1. The van der Waals surface area contributed by atoms with Crippen LogP contribution in [0.15, 0.2) is 27.7 Å². The molecule has 0 saturated carbocycles. The lowest BCUT2D eigenvalue weighted by Crippen LogP contribution is -2.17. The van der Waals surface area contributed by atoms with Crippen molar-refractivity contribution >= 4 is 21.7 Å². The predicted octanol–water partition coefficient (Wildman–Crippen LogP) is 1.69. The molecule has 1 heterocycles. The molecule has 0 aliphatic heterocycles. The minimum atomic E-state index is -3.76. The smallest absolute Gasteiger partial charge is 0.309 e. The average molecular weight is 296 g/mol. The first-order valence-electron chi connectivity index (χ1n) is 5.86. The van der Waals surface area contributed by atoms with Crippen LogP contribution >= 0.6 is 0 Å². The van der Waals surface area contributed by atoms with Crippen LogP contribution < -0.4 is 16.0 Å². The Hall–Kier alpha value is -2.06. The summed E-state index contributed by atoms with van der Waals surface area (Å²) in [5, 5.41) is 0. The molecule has 20 heavy (non-hydrogen) atoms. The maximum absolute atomic E-state index is 12.4. The lowest BCUT2D eigenvalue weighted by molar-refractivity contribution is 0.569. The number of nitrogens with two attached hydrogens (primary N) is 1. The second kappa shape index (κ2) is 5.14. The van der Waals surface area contributed by atoms with Gasteiger partial charge in [0.15, 0.2) is 0 Å². The van der Waals surface area contributed by atoms with Crippen molar-refractivity contribution in [2.45, 2.75) is 25.7 Å². The molecule has 0 aliphatic rings. The van der Waals surface area contributed by atoms with Crippen molar-refractivity contribution in [3.05, 3.63) is 35.2 Å². The van der Waals surface area contributed by atoms with Gasteiger partial charge in [-0.25, -0.2) is 13.1 Å². The zero-order valence-corrected chi connectivity index (χ0v) is 12.2. The van der Waals surface area contributed by atoms with E-state index in [9.17, 15) is 8.42 Å². The minimum absolute atomic E-state index is 0.0534. The number of anilines is 2. The molecule has 0 atom stereocenters. The Morgan fingerprint density at radius 1 is 1.20 bits per heavy atom. The van der Waals surface area contributed by atoms with E-state index < -0.39 is 10.0 Å². The van der Waals surface area contributed by atoms with E-state index in [1.807, 2.05) is 0 Å². The predicted molar refractivity (Wildman–Crippen MR) is 75.8 cm³/mol. The highest BCUT2D eigenvalue weighted by molar-refractivity contribution is 7.92. The first-order chi connectivity index (χ1) is 9.33. The van der Waals surface area contributed by atoms with Crippen LogP contribution in [-0.4, -0.2) is 13.4 Å². The number of aromatic nitrogens is 1. The SMILES string of the molecule is Cc1coc(NS(=O)(=O)c2c(C)cc(NN)cc2C)n1. The van der Waals surface area contributed by atoms with Crippen molar-refractivity contribution in [2.75, 3.05) is 10.1 Å². The number of sulfonamides is 1. The number of rotatable bonds is 4. The van der Waals surface area contributed by atoms with Gasteiger partial charge in [-0.15, -0.1) is 0 Å². The molecule has 7 nitrogen and oxygen atoms in total. The van der Waals surface area contributed by atoms with Gasteiger partial charge in [0.2, 0.25) is 0 Å². The van der Waals surface area contributed by atoms with Crippen LogP contribution in [0.25, 0.3) is 0 Å². The number of nitrogens with one attached hydrogen (secondary N) is 2. The molecule has 0 spiro atoms. The van der Waals surface area contributed by atoms with Crippen LogP contribution in [0.5, 0.6) is 0 Å². The molecule has 0 radical (unpaired) electrons. The second-order valence-electron chi connectivity index (χ2n) is 4.48. The summed E-state index contributed by atoms with van der Waals surface area (Å²) in [7, 11) is -3.76. The number of hydrogen-bond acceptors (Lipinski definition) is 6. The molecule has 1 aromatic carbocycles. The first-order valence-corrected chi connectivity index (χ1v) is 7.34. The highest BCUT2D eigenvalue weighted by atomic mass is 32.2. The zero-order valence-electron chi connectivity index (χ0n) is 11.4. The molecule has 0 amide bonds. The number of hydrazine groups is 1. The molecule has 1 aromatic heterocycles. The third-order valence-corrected chi connectivity index (χ3v) is 4.36. The van der Waals surface area contributed by atoms with Crippen molar-refractivity contribution in [2.24, 2.45) is 5.84 Å². The van der Waals surface area contributed by atoms with E-state index in [2.05, 4.69) is 15.1 Å². The van der Waals surface area contributed by atoms with Crippen LogP contribution in [0.4, 0.5) is 11.7 Å². The number of hydrogen-bond donors (Lipinski definition) is 3. The molecule has 2 aromatic rings. The van der Waals surface area contributed by atoms with Crippen molar-refractivity contribution in [3.63, 3.8) is 0 Å². The summed E-state index contributed by atoms with van der Waals surface area (Å²) in [5.74, 6) is 5.33. The summed E-state index contributed by atoms with van der Waals surface area (Å²) in [6, 6.07) is 3.26. The fourth-order valence-corrected chi connectivity index (χ4v) is 3.42. The van der Waals surface area contributed by atoms with E-state index in [1.165, 1.54) is 6.26 Å². The number of aryl methyl sites for hydroxylation is 3. The fraction of sp³-hybridized carbons (Fsp3) is 0.250. The molecule has 0 saturated heterocycles. The fourth-order valence-electron chi connectivity index (χ4n) is 2.02. The summed E-state index contributed by atoms with van der Waals surface area (Å²) in [6.07, 6.45) is 1.37. The van der Waals surface area contributed by atoms with Crippen molar-refractivity contribution < 1.29 is 12.8 Å². The minimum Gasteiger partial charge on any atom is -0.431 e. The highest BCUT2D eigenvalue weighted by Crippen LogP contribution is 2.25. The van der Waals surface area contributed by atoms with Gasteiger partial charge in [0.1, 0.15) is 6.26 Å². The van der Waals surface area contributed by atoms with Crippen molar-refractivity contribution in [3.8, 4) is 0 Å². The molecule has 0 fully saturated rings. The monoisotopic (exact) mass is 296 g/mol. The quantitative estimate of drug-likeness (QED) is 0.585. The number of benzene rings is 1. The van der Waals surface area contributed by atoms with Gasteiger partial charge in [0.05, 0.1) is 10.6 Å². The number of nitrogen functional groups attached to an aromatic ring is 1. The molecule has 108 valence electrons. The van der Waals surface area contributed by atoms with E-state index in [4.69, 9.17) is 10.3 Å². The van der Waals surface area contributed by atoms with Gasteiger partial charge in [-0.3, -0.25) is 5.84 Å². The molecule has 0 bridgehead atoms. The number of nitrogens with zero attached hydrogens (tertiary/aromatic N) is 1. The molecule has 8 heteroatoms. The van der Waals surface area contributed by atoms with E-state index in [0.29, 0.717) is 22.5 Å². The summed E-state index contributed by atoms with van der Waals surface area (Å²) < 4.78 is 32.1. The molecule has 4 N–H and O–H groups in total. The van der Waals surface area contributed by atoms with Crippen LogP contribution in [-0.2, 0) is 10.0 Å². The van der Waals surface area contributed by atoms with E-state index in [0.717, 1.165) is 0 Å². The lowest BCUT2D eigenvalue weighted by Gasteiger charge is -2.12. The molecule has 0 unspecified atom stereocenters. The zero-order chi connectivity index (χ0) is 14.9. The lowest BCUT2D eigenvalue weighted by atomic mass is 10.1. The van der Waals surface area contributed by atoms with Gasteiger partial charge in [0, 0.05) is 5.69 Å². The third-order valence-electron chi connectivity index (χ3n) is 2.74. The van der Waals surface area contributed by atoms with Gasteiger partial charge in [-0.05, 0) is 44.0 Å². The van der Waals surface area contributed by atoms with Gasteiger partial charge in [-0.2, -0.15) is 4.98 Å². The summed E-state index contributed by atoms with van der Waals surface area (Å²) >= 11 is 0. The molecular formula is C12H16N4O3S. The van der Waals surface area contributed by atoms with E-state index >= 15 is 0 Å². The topological polar surface area (TPSA) is 110 Å². The Morgan fingerprint density at radius 2 is 1.80 bits per heavy atom. The van der Waals surface area contributed by atoms with Gasteiger partial charge in [0.25, 0.3) is 10.0 Å². The van der Waals surface area contributed by atoms with Crippen molar-refractivity contribution in [1.82, 2.24) is 4.98 Å². The molecule has 0 aliphatic carbocycles. The first kappa shape index (κ1) is 14.4. The van der Waals surface area contributed by atoms with Crippen LogP contribution in [0.2, 0.25) is 0 Å². The third kappa shape index (κ3) is 2.75. The average Bonchev–Trinajstić information content (AvgIpc) is 2.72. The van der Waals surface area contributed by atoms with Gasteiger partial charge < -0.3 is 9.84 Å². The largest absolute Gasteiger partial charge is 0.431 e. The van der Waals surface area contributed by atoms with Crippen molar-refractivity contribution in [1.29, 1.82) is 0 Å². The van der Waals surface area contributed by atoms with Crippen LogP contribution in [0.1, 0.15) is 16.8 Å². The highest BCUT2D eigenvalue weighted by Gasteiger charge is 2.22. The normalized spacial score (nSPS) is 11.4.